The second-order valence-corrected chi connectivity index (χ2v) is 5.32. The third kappa shape index (κ3) is 4.01. The van der Waals surface area contributed by atoms with Gasteiger partial charge in [0, 0.05) is 10.0 Å². The van der Waals surface area contributed by atoms with Crippen molar-refractivity contribution < 1.29 is 19.1 Å². The van der Waals surface area contributed by atoms with Crippen molar-refractivity contribution in [1.29, 1.82) is 0 Å². The molecule has 0 spiro atoms. The van der Waals surface area contributed by atoms with E-state index in [0.29, 0.717) is 11.3 Å². The van der Waals surface area contributed by atoms with Crippen molar-refractivity contribution in [3.05, 3.63) is 58.1 Å². The average Bonchev–Trinajstić information content (AvgIpc) is 2.59. The van der Waals surface area contributed by atoms with E-state index < -0.39 is 5.97 Å². The lowest BCUT2D eigenvalue weighted by Crippen LogP contribution is -2.15. The molecule has 2 N–H and O–H groups in total. The van der Waals surface area contributed by atoms with Gasteiger partial charge in [0.05, 0.1) is 14.2 Å². The van der Waals surface area contributed by atoms with Crippen LogP contribution >= 0.6 is 15.9 Å². The molecule has 0 saturated heterocycles. The Bertz CT molecular complexity index is 729. The number of carbonyl (C=O) groups is 1. The van der Waals surface area contributed by atoms with Gasteiger partial charge in [0.2, 0.25) is 0 Å². The minimum atomic E-state index is -0.694. The first-order valence-corrected chi connectivity index (χ1v) is 7.38. The number of oxime groups is 1. The molecule has 0 unspecified atom stereocenters. The van der Waals surface area contributed by atoms with Crippen LogP contribution in [-0.4, -0.2) is 26.0 Å². The van der Waals surface area contributed by atoms with Gasteiger partial charge in [-0.2, -0.15) is 0 Å². The normalized spacial score (nSPS) is 11.0. The number of para-hydroxylation sites is 1. The number of halogens is 1. The smallest absolute Gasteiger partial charge is 0.369 e. The van der Waals surface area contributed by atoms with Crippen LogP contribution < -0.4 is 15.2 Å². The highest BCUT2D eigenvalue weighted by molar-refractivity contribution is 9.10. The Morgan fingerprint density at radius 2 is 1.78 bits per heavy atom. The molecule has 0 aliphatic rings. The van der Waals surface area contributed by atoms with Crippen LogP contribution in [0.25, 0.3) is 0 Å². The number of methoxy groups -OCH3 is 2. The number of nitrogens with zero attached hydrogens (tertiary/aromatic N) is 1. The second kappa shape index (κ2) is 7.64. The quantitative estimate of drug-likeness (QED) is 0.374. The van der Waals surface area contributed by atoms with Crippen LogP contribution in [-0.2, 0) is 4.84 Å². The predicted molar refractivity (Wildman–Crippen MR) is 89.8 cm³/mol. The molecule has 6 nitrogen and oxygen atoms in total. The van der Waals surface area contributed by atoms with Crippen LogP contribution in [0.1, 0.15) is 15.9 Å². The van der Waals surface area contributed by atoms with E-state index in [1.165, 1.54) is 14.2 Å². The van der Waals surface area contributed by atoms with Crippen LogP contribution in [0.5, 0.6) is 11.5 Å². The summed E-state index contributed by atoms with van der Waals surface area (Å²) >= 11 is 3.32. The molecule has 2 rings (SSSR count). The number of carbonyl (C=O) groups excluding carboxylic acids is 1. The van der Waals surface area contributed by atoms with Crippen LogP contribution in [0.3, 0.4) is 0 Å². The van der Waals surface area contributed by atoms with Crippen molar-refractivity contribution in [2.45, 2.75) is 0 Å². The lowest BCUT2D eigenvalue weighted by atomic mass is 10.2. The minimum Gasteiger partial charge on any atom is -0.493 e. The van der Waals surface area contributed by atoms with Crippen molar-refractivity contribution in [1.82, 2.24) is 0 Å². The van der Waals surface area contributed by atoms with Crippen LogP contribution in [0.4, 0.5) is 0 Å². The number of hydrogen-bond acceptors (Lipinski definition) is 5. The van der Waals surface area contributed by atoms with Crippen molar-refractivity contribution in [2.24, 2.45) is 10.9 Å². The lowest BCUT2D eigenvalue weighted by molar-refractivity contribution is 0.0511. The van der Waals surface area contributed by atoms with Gasteiger partial charge < -0.3 is 20.0 Å². The Morgan fingerprint density at radius 3 is 2.39 bits per heavy atom. The molecule has 7 heteroatoms. The molecule has 0 heterocycles. The summed E-state index contributed by atoms with van der Waals surface area (Å²) < 4.78 is 11.2. The first kappa shape index (κ1) is 16.8. The van der Waals surface area contributed by atoms with E-state index in [1.807, 2.05) is 12.1 Å². The van der Waals surface area contributed by atoms with Gasteiger partial charge in [-0.15, -0.1) is 0 Å². The van der Waals surface area contributed by atoms with E-state index in [1.54, 1.807) is 30.3 Å². The van der Waals surface area contributed by atoms with Crippen molar-refractivity contribution in [3.8, 4) is 11.5 Å². The molecule has 0 bridgehead atoms. The van der Waals surface area contributed by atoms with E-state index >= 15 is 0 Å². The summed E-state index contributed by atoms with van der Waals surface area (Å²) in [6.45, 7) is 0. The van der Waals surface area contributed by atoms with Crippen LogP contribution in [0, 0.1) is 0 Å². The average molecular weight is 379 g/mol. The molecule has 2 aromatic carbocycles. The van der Waals surface area contributed by atoms with Crippen LogP contribution in [0.15, 0.2) is 52.1 Å². The largest absolute Gasteiger partial charge is 0.493 e. The molecule has 0 atom stereocenters. The van der Waals surface area contributed by atoms with Gasteiger partial charge in [-0.3, -0.25) is 0 Å². The topological polar surface area (TPSA) is 83.1 Å². The fourth-order valence-electron chi connectivity index (χ4n) is 1.86. The number of rotatable bonds is 5. The summed E-state index contributed by atoms with van der Waals surface area (Å²) in [7, 11) is 2.92. The maximum absolute atomic E-state index is 12.2. The van der Waals surface area contributed by atoms with Gasteiger partial charge in [0.1, 0.15) is 5.56 Å². The van der Waals surface area contributed by atoms with Gasteiger partial charge in [0.15, 0.2) is 17.3 Å². The Kier molecular flexibility index (Phi) is 5.59. The zero-order valence-corrected chi connectivity index (χ0v) is 14.2. The van der Waals surface area contributed by atoms with Crippen molar-refractivity contribution in [2.75, 3.05) is 14.2 Å². The third-order valence-corrected chi connectivity index (χ3v) is 3.52. The van der Waals surface area contributed by atoms with Crippen LogP contribution in [0.2, 0.25) is 0 Å². The maximum Gasteiger partial charge on any atom is 0.369 e. The fraction of sp³-hybridized carbons (Fsp3) is 0.125. The molecule has 23 heavy (non-hydrogen) atoms. The molecule has 2 aromatic rings. The van der Waals surface area contributed by atoms with E-state index in [2.05, 4.69) is 21.1 Å². The summed E-state index contributed by atoms with van der Waals surface area (Å²) in [6, 6.07) is 12.0. The van der Waals surface area contributed by atoms with Gasteiger partial charge in [0.25, 0.3) is 0 Å². The highest BCUT2D eigenvalue weighted by Gasteiger charge is 2.18. The molecular weight excluding hydrogens is 364 g/mol. The zero-order chi connectivity index (χ0) is 16.8. The number of benzene rings is 2. The molecule has 0 fully saturated rings. The first-order chi connectivity index (χ1) is 11.1. The Labute approximate surface area is 142 Å². The second-order valence-electron chi connectivity index (χ2n) is 4.40. The lowest BCUT2D eigenvalue weighted by Gasteiger charge is -2.10. The summed E-state index contributed by atoms with van der Waals surface area (Å²) in [5.41, 5.74) is 6.63. The zero-order valence-electron chi connectivity index (χ0n) is 12.6. The van der Waals surface area contributed by atoms with Crippen molar-refractivity contribution in [3.63, 3.8) is 0 Å². The SMILES string of the molecule is COc1cccc(C(=O)ON=C(N)c2ccc(Br)cc2)c1OC. The van der Waals surface area contributed by atoms with Gasteiger partial charge in [-0.25, -0.2) is 4.79 Å². The number of nitrogens with two attached hydrogens (primary N) is 1. The molecular formula is C16H15BrN2O4. The van der Waals surface area contributed by atoms with Gasteiger partial charge in [-0.05, 0) is 24.3 Å². The van der Waals surface area contributed by atoms with Gasteiger partial charge >= 0.3 is 5.97 Å². The fourth-order valence-corrected chi connectivity index (χ4v) is 2.13. The highest BCUT2D eigenvalue weighted by atomic mass is 79.9. The van der Waals surface area contributed by atoms with Gasteiger partial charge in [-0.1, -0.05) is 39.3 Å². The first-order valence-electron chi connectivity index (χ1n) is 6.58. The number of hydrogen-bond donors (Lipinski definition) is 1. The Hall–Kier alpha value is -2.54. The summed E-state index contributed by atoms with van der Waals surface area (Å²) in [4.78, 5) is 17.0. The Morgan fingerprint density at radius 1 is 1.09 bits per heavy atom. The molecule has 0 radical (unpaired) electrons. The highest BCUT2D eigenvalue weighted by Crippen LogP contribution is 2.31. The minimum absolute atomic E-state index is 0.0905. The van der Waals surface area contributed by atoms with Crippen molar-refractivity contribution >= 4 is 27.7 Å². The maximum atomic E-state index is 12.2. The summed E-state index contributed by atoms with van der Waals surface area (Å²) in [6.07, 6.45) is 0. The molecule has 0 aliphatic carbocycles. The molecule has 0 aromatic heterocycles. The van der Waals surface area contributed by atoms with E-state index in [9.17, 15) is 4.79 Å². The third-order valence-electron chi connectivity index (χ3n) is 2.99. The molecule has 0 aliphatic heterocycles. The predicted octanol–water partition coefficient (Wildman–Crippen LogP) is 2.94. The summed E-state index contributed by atoms with van der Waals surface area (Å²) in [5.74, 6) is 0.0951. The monoisotopic (exact) mass is 378 g/mol. The number of amidine groups is 1. The molecule has 0 amide bonds. The van der Waals surface area contributed by atoms with E-state index in [-0.39, 0.29) is 17.1 Å². The Balaban J connectivity index is 2.19. The van der Waals surface area contributed by atoms with E-state index in [0.717, 1.165) is 4.47 Å². The standard InChI is InChI=1S/C16H15BrN2O4/c1-21-13-5-3-4-12(14(13)22-2)16(20)23-19-15(18)10-6-8-11(17)9-7-10/h3-9H,1-2H3,(H2,18,19). The molecule has 120 valence electrons. The molecule has 0 saturated carbocycles. The summed E-state index contributed by atoms with van der Waals surface area (Å²) in [5, 5.41) is 3.66. The number of ether oxygens (including phenoxy) is 2. The van der Waals surface area contributed by atoms with E-state index in [4.69, 9.17) is 20.0 Å².